The number of esters is 1. The van der Waals surface area contributed by atoms with Crippen LogP contribution < -0.4 is 4.74 Å². The van der Waals surface area contributed by atoms with Crippen LogP contribution in [-0.4, -0.2) is 26.4 Å². The number of ether oxygens (including phenoxy) is 2. The zero-order valence-electron chi connectivity index (χ0n) is 9.64. The molecule has 1 atom stereocenters. The number of aliphatic imine (C=N–C) groups is 1. The van der Waals surface area contributed by atoms with Gasteiger partial charge >= 0.3 is 5.97 Å². The Morgan fingerprint density at radius 3 is 2.44 bits per heavy atom. The highest BCUT2D eigenvalue weighted by Crippen LogP contribution is 2.19. The summed E-state index contributed by atoms with van der Waals surface area (Å²) < 4.78 is 9.52. The smallest absolute Gasteiger partial charge is 0.348 e. The molecule has 1 aromatic carbocycles. The normalized spacial score (nSPS) is 12.4. The summed E-state index contributed by atoms with van der Waals surface area (Å²) in [6.45, 7) is 1.90. The average Bonchev–Trinajstić information content (AvgIpc) is 2.35. The van der Waals surface area contributed by atoms with Crippen LogP contribution in [0.4, 0.5) is 0 Å². The molecule has 0 aliphatic heterocycles. The molecule has 0 spiro atoms. The molecule has 1 aromatic rings. The summed E-state index contributed by atoms with van der Waals surface area (Å²) in [5.74, 6) is 0.355. The molecule has 0 heterocycles. The van der Waals surface area contributed by atoms with Crippen molar-refractivity contribution < 1.29 is 14.3 Å². The summed E-state index contributed by atoms with van der Waals surface area (Å²) in [4.78, 5) is 14.9. The molecule has 0 bridgehead atoms. The third-order valence-corrected chi connectivity index (χ3v) is 2.20. The molecule has 4 heteroatoms. The number of carbonyl (C=O) groups excluding carboxylic acids is 1. The Bertz CT molecular complexity index is 370. The highest BCUT2D eigenvalue weighted by atomic mass is 16.5. The number of methoxy groups -OCH3 is 2. The Morgan fingerprint density at radius 1 is 1.31 bits per heavy atom. The summed E-state index contributed by atoms with van der Waals surface area (Å²) >= 11 is 0. The van der Waals surface area contributed by atoms with Gasteiger partial charge in [-0.25, -0.2) is 4.79 Å². The van der Waals surface area contributed by atoms with Crippen LogP contribution in [0.25, 0.3) is 0 Å². The van der Waals surface area contributed by atoms with Crippen molar-refractivity contribution in [2.24, 2.45) is 4.99 Å². The molecule has 4 nitrogen and oxygen atoms in total. The number of rotatable bonds is 4. The van der Waals surface area contributed by atoms with Crippen LogP contribution in [0.3, 0.4) is 0 Å². The number of nitrogens with zero attached hydrogens (tertiary/aromatic N) is 1. The van der Waals surface area contributed by atoms with E-state index in [-0.39, 0.29) is 6.04 Å². The molecule has 1 rings (SSSR count). The van der Waals surface area contributed by atoms with Crippen LogP contribution in [0.15, 0.2) is 29.3 Å². The van der Waals surface area contributed by atoms with E-state index in [9.17, 15) is 4.79 Å². The number of benzene rings is 1. The second-order valence-corrected chi connectivity index (χ2v) is 3.25. The lowest BCUT2D eigenvalue weighted by molar-refractivity contribution is -0.132. The van der Waals surface area contributed by atoms with Gasteiger partial charge in [0.05, 0.1) is 20.3 Å². The van der Waals surface area contributed by atoms with Crippen molar-refractivity contribution in [3.05, 3.63) is 29.8 Å². The van der Waals surface area contributed by atoms with Crippen molar-refractivity contribution in [1.82, 2.24) is 0 Å². The van der Waals surface area contributed by atoms with Gasteiger partial charge in [-0.3, -0.25) is 4.99 Å². The van der Waals surface area contributed by atoms with Crippen molar-refractivity contribution in [3.63, 3.8) is 0 Å². The van der Waals surface area contributed by atoms with E-state index in [0.717, 1.165) is 11.3 Å². The van der Waals surface area contributed by atoms with E-state index in [4.69, 9.17) is 4.74 Å². The van der Waals surface area contributed by atoms with Gasteiger partial charge in [-0.1, -0.05) is 12.1 Å². The molecule has 16 heavy (non-hydrogen) atoms. The second kappa shape index (κ2) is 5.90. The average molecular weight is 221 g/mol. The molecule has 0 saturated carbocycles. The zero-order chi connectivity index (χ0) is 12.0. The monoisotopic (exact) mass is 221 g/mol. The Morgan fingerprint density at radius 2 is 1.94 bits per heavy atom. The molecule has 1 unspecified atom stereocenters. The first-order valence-corrected chi connectivity index (χ1v) is 4.92. The fourth-order valence-corrected chi connectivity index (χ4v) is 1.19. The lowest BCUT2D eigenvalue weighted by Gasteiger charge is -2.07. The highest BCUT2D eigenvalue weighted by Gasteiger charge is 2.03. The van der Waals surface area contributed by atoms with Gasteiger partial charge in [0, 0.05) is 0 Å². The topological polar surface area (TPSA) is 47.9 Å². The van der Waals surface area contributed by atoms with Crippen LogP contribution in [0.1, 0.15) is 18.5 Å². The maximum absolute atomic E-state index is 10.9. The van der Waals surface area contributed by atoms with Crippen LogP contribution >= 0.6 is 0 Å². The summed E-state index contributed by atoms with van der Waals surface area (Å²) in [5.41, 5.74) is 1.01. The van der Waals surface area contributed by atoms with Crippen LogP contribution in [0.5, 0.6) is 5.75 Å². The van der Waals surface area contributed by atoms with Gasteiger partial charge in [0.1, 0.15) is 12.0 Å². The predicted molar refractivity (Wildman–Crippen MR) is 61.9 cm³/mol. The largest absolute Gasteiger partial charge is 0.497 e. The first-order chi connectivity index (χ1) is 7.67. The standard InChI is InChI=1S/C12H15NO3/c1-9(13-8-12(14)16-3)10-4-6-11(15-2)7-5-10/h4-9H,1-3H3. The predicted octanol–water partition coefficient (Wildman–Crippen LogP) is 2.00. The van der Waals surface area contributed by atoms with Crippen molar-refractivity contribution in [2.45, 2.75) is 13.0 Å². The van der Waals surface area contributed by atoms with Gasteiger partial charge in [-0.2, -0.15) is 0 Å². The minimum atomic E-state index is -0.444. The molecule has 0 aliphatic rings. The quantitative estimate of drug-likeness (QED) is 0.577. The van der Waals surface area contributed by atoms with Crippen LogP contribution in [0.2, 0.25) is 0 Å². The maximum atomic E-state index is 10.9. The van der Waals surface area contributed by atoms with Crippen molar-refractivity contribution >= 4 is 12.2 Å². The molecule has 0 N–H and O–H groups in total. The van der Waals surface area contributed by atoms with Crippen molar-refractivity contribution in [1.29, 1.82) is 0 Å². The molecule has 86 valence electrons. The van der Waals surface area contributed by atoms with Gasteiger partial charge in [0.25, 0.3) is 0 Å². The van der Waals surface area contributed by atoms with Gasteiger partial charge in [0.2, 0.25) is 0 Å². The number of hydrogen-bond donors (Lipinski definition) is 0. The molecular formula is C12H15NO3. The Balaban J connectivity index is 2.69. The molecular weight excluding hydrogens is 206 g/mol. The first-order valence-electron chi connectivity index (χ1n) is 4.92. The van der Waals surface area contributed by atoms with E-state index in [1.807, 2.05) is 31.2 Å². The summed E-state index contributed by atoms with van der Waals surface area (Å²) in [7, 11) is 2.94. The molecule has 0 radical (unpaired) electrons. The van der Waals surface area contributed by atoms with Gasteiger partial charge in [-0.05, 0) is 24.6 Å². The van der Waals surface area contributed by atoms with Gasteiger partial charge in [-0.15, -0.1) is 0 Å². The Hall–Kier alpha value is -1.84. The molecule has 0 amide bonds. The molecule has 0 fully saturated rings. The lowest BCUT2D eigenvalue weighted by atomic mass is 10.1. The van der Waals surface area contributed by atoms with Gasteiger partial charge < -0.3 is 9.47 Å². The van der Waals surface area contributed by atoms with E-state index < -0.39 is 5.97 Å². The minimum absolute atomic E-state index is 0.0787. The second-order valence-electron chi connectivity index (χ2n) is 3.25. The van der Waals surface area contributed by atoms with Gasteiger partial charge in [0.15, 0.2) is 0 Å². The molecule has 0 aliphatic carbocycles. The van der Waals surface area contributed by atoms with E-state index in [0.29, 0.717) is 0 Å². The number of hydrogen-bond acceptors (Lipinski definition) is 4. The number of carbonyl (C=O) groups is 1. The van der Waals surface area contributed by atoms with E-state index in [1.165, 1.54) is 13.3 Å². The van der Waals surface area contributed by atoms with E-state index >= 15 is 0 Å². The fourth-order valence-electron chi connectivity index (χ4n) is 1.19. The summed E-state index contributed by atoms with van der Waals surface area (Å²) in [6.07, 6.45) is 1.19. The maximum Gasteiger partial charge on any atom is 0.348 e. The fraction of sp³-hybridized carbons (Fsp3) is 0.333. The highest BCUT2D eigenvalue weighted by molar-refractivity contribution is 6.23. The minimum Gasteiger partial charge on any atom is -0.497 e. The first kappa shape index (κ1) is 12.2. The zero-order valence-corrected chi connectivity index (χ0v) is 9.64. The Labute approximate surface area is 94.9 Å². The summed E-state index contributed by atoms with van der Waals surface area (Å²) in [6, 6.07) is 7.47. The van der Waals surface area contributed by atoms with E-state index in [1.54, 1.807) is 7.11 Å². The molecule has 0 aromatic heterocycles. The third kappa shape index (κ3) is 3.38. The third-order valence-electron chi connectivity index (χ3n) is 2.20. The summed E-state index contributed by atoms with van der Waals surface area (Å²) in [5, 5.41) is 0. The van der Waals surface area contributed by atoms with Crippen LogP contribution in [-0.2, 0) is 9.53 Å². The van der Waals surface area contributed by atoms with Crippen molar-refractivity contribution in [2.75, 3.05) is 14.2 Å². The molecule has 0 saturated heterocycles. The van der Waals surface area contributed by atoms with Crippen molar-refractivity contribution in [3.8, 4) is 5.75 Å². The lowest BCUT2D eigenvalue weighted by Crippen LogP contribution is -2.02. The SMILES string of the molecule is COC(=O)C=NC(C)c1ccc(OC)cc1. The Kier molecular flexibility index (Phi) is 4.51. The van der Waals surface area contributed by atoms with E-state index in [2.05, 4.69) is 9.73 Å². The van der Waals surface area contributed by atoms with Crippen LogP contribution in [0, 0.1) is 0 Å².